The van der Waals surface area contributed by atoms with Crippen LogP contribution in [0.3, 0.4) is 0 Å². The number of fused-ring (bicyclic) bond motifs is 2. The van der Waals surface area contributed by atoms with Crippen molar-refractivity contribution in [1.29, 1.82) is 0 Å². The zero-order valence-corrected chi connectivity index (χ0v) is 12.5. The van der Waals surface area contributed by atoms with Crippen LogP contribution in [0.1, 0.15) is 0 Å². The van der Waals surface area contributed by atoms with Crippen molar-refractivity contribution in [3.05, 3.63) is 67.0 Å². The molecule has 22 heavy (non-hydrogen) atoms. The molecule has 2 aromatic carbocycles. The van der Waals surface area contributed by atoms with E-state index in [0.717, 1.165) is 10.9 Å². The summed E-state index contributed by atoms with van der Waals surface area (Å²) in [6, 6.07) is 16.6. The summed E-state index contributed by atoms with van der Waals surface area (Å²) in [6.45, 7) is 0. The first-order chi connectivity index (χ1) is 10.2. The van der Waals surface area contributed by atoms with Crippen LogP contribution in [0.15, 0.2) is 71.9 Å². The fraction of sp³-hybridized carbons (Fsp3) is 0. The van der Waals surface area contributed by atoms with Gasteiger partial charge in [0.05, 0.1) is 5.52 Å². The highest BCUT2D eigenvalue weighted by Crippen LogP contribution is 2.27. The number of benzene rings is 2. The van der Waals surface area contributed by atoms with Crippen molar-refractivity contribution >= 4 is 31.8 Å². The predicted molar refractivity (Wildman–Crippen MR) is 87.8 cm³/mol. The first kappa shape index (κ1) is 14.4. The highest BCUT2D eigenvalue weighted by Gasteiger charge is 2.22. The van der Waals surface area contributed by atoms with E-state index in [1.165, 1.54) is 3.97 Å². The van der Waals surface area contributed by atoms with Crippen molar-refractivity contribution in [2.24, 2.45) is 0 Å². The zero-order valence-electron chi connectivity index (χ0n) is 11.7. The molecule has 0 aliphatic heterocycles. The maximum Gasteiger partial charge on any atom is 0.270 e. The van der Waals surface area contributed by atoms with Crippen LogP contribution < -0.4 is 6.15 Å². The minimum absolute atomic E-state index is 0. The molecule has 4 N–H and O–H groups in total. The standard InChI is InChI=1S/C16H12N2O2S.H3N/c19-21(20,16-11-17-14-7-3-2-6-13(14)16)18-10-9-12-5-1-4-8-15(12)18;/h1-11,17H;1H3. The molecule has 4 rings (SSSR count). The summed E-state index contributed by atoms with van der Waals surface area (Å²) in [5.41, 5.74) is 1.50. The Morgan fingerprint density at radius 2 is 1.64 bits per heavy atom. The van der Waals surface area contributed by atoms with E-state index in [9.17, 15) is 8.42 Å². The lowest BCUT2D eigenvalue weighted by molar-refractivity contribution is 0.590. The van der Waals surface area contributed by atoms with Gasteiger partial charge in [0.1, 0.15) is 4.90 Å². The average Bonchev–Trinajstić information content (AvgIpc) is 3.12. The van der Waals surface area contributed by atoms with Crippen molar-refractivity contribution in [1.82, 2.24) is 15.1 Å². The largest absolute Gasteiger partial charge is 0.360 e. The first-order valence-electron chi connectivity index (χ1n) is 6.56. The molecular weight excluding hydrogens is 298 g/mol. The molecule has 0 aliphatic carbocycles. The summed E-state index contributed by atoms with van der Waals surface area (Å²) in [5, 5.41) is 1.61. The fourth-order valence-corrected chi connectivity index (χ4v) is 4.15. The van der Waals surface area contributed by atoms with Gasteiger partial charge in [-0.1, -0.05) is 36.4 Å². The highest BCUT2D eigenvalue weighted by molar-refractivity contribution is 7.90. The lowest BCUT2D eigenvalue weighted by Gasteiger charge is -2.06. The SMILES string of the molecule is N.O=S(=O)(c1c[nH]c2ccccc12)n1ccc2ccccc21. The van der Waals surface area contributed by atoms with Crippen LogP contribution in [0.4, 0.5) is 0 Å². The van der Waals surface area contributed by atoms with Crippen molar-refractivity contribution in [2.75, 3.05) is 0 Å². The Kier molecular flexibility index (Phi) is 3.27. The Balaban J connectivity index is 0.00000144. The van der Waals surface area contributed by atoms with Gasteiger partial charge in [-0.05, 0) is 18.2 Å². The van der Waals surface area contributed by atoms with Crippen molar-refractivity contribution in [3.8, 4) is 0 Å². The molecule has 2 aromatic heterocycles. The molecule has 112 valence electrons. The van der Waals surface area contributed by atoms with Gasteiger partial charge in [0, 0.05) is 28.7 Å². The van der Waals surface area contributed by atoms with E-state index in [1.807, 2.05) is 54.6 Å². The summed E-state index contributed by atoms with van der Waals surface area (Å²) in [6.07, 6.45) is 3.15. The van der Waals surface area contributed by atoms with Crippen LogP contribution in [0.25, 0.3) is 21.8 Å². The van der Waals surface area contributed by atoms with Gasteiger partial charge in [0.25, 0.3) is 10.0 Å². The summed E-state index contributed by atoms with van der Waals surface area (Å²) in [4.78, 5) is 3.30. The topological polar surface area (TPSA) is 89.9 Å². The molecule has 5 nitrogen and oxygen atoms in total. The smallest absolute Gasteiger partial charge is 0.270 e. The van der Waals surface area contributed by atoms with Crippen molar-refractivity contribution in [2.45, 2.75) is 4.90 Å². The third-order valence-corrected chi connectivity index (χ3v) is 5.38. The van der Waals surface area contributed by atoms with E-state index in [4.69, 9.17) is 0 Å². The normalized spacial score (nSPS) is 11.6. The van der Waals surface area contributed by atoms with Gasteiger partial charge < -0.3 is 11.1 Å². The van der Waals surface area contributed by atoms with Gasteiger partial charge in [-0.25, -0.2) is 12.4 Å². The van der Waals surface area contributed by atoms with E-state index in [2.05, 4.69) is 4.98 Å². The maximum atomic E-state index is 12.9. The lowest BCUT2D eigenvalue weighted by Crippen LogP contribution is -2.11. The molecule has 0 atom stereocenters. The van der Waals surface area contributed by atoms with Crippen LogP contribution in [0, 0.1) is 0 Å². The van der Waals surface area contributed by atoms with Crippen molar-refractivity contribution in [3.63, 3.8) is 0 Å². The number of para-hydroxylation sites is 2. The second kappa shape index (κ2) is 5.01. The van der Waals surface area contributed by atoms with Gasteiger partial charge in [0.2, 0.25) is 0 Å². The third kappa shape index (κ3) is 1.93. The summed E-state index contributed by atoms with van der Waals surface area (Å²) < 4.78 is 27.2. The Hall–Kier alpha value is -2.57. The van der Waals surface area contributed by atoms with Gasteiger partial charge in [-0.3, -0.25) is 0 Å². The number of aromatic nitrogens is 2. The number of hydrogen-bond donors (Lipinski definition) is 2. The van der Waals surface area contributed by atoms with E-state index in [0.29, 0.717) is 15.8 Å². The molecule has 0 bridgehead atoms. The molecule has 0 spiro atoms. The molecule has 0 unspecified atom stereocenters. The first-order valence-corrected chi connectivity index (χ1v) is 8.00. The number of hydrogen-bond acceptors (Lipinski definition) is 3. The molecule has 0 amide bonds. The number of nitrogens with zero attached hydrogens (tertiary/aromatic N) is 1. The summed E-state index contributed by atoms with van der Waals surface area (Å²) in [5.74, 6) is 0. The number of rotatable bonds is 2. The van der Waals surface area contributed by atoms with Crippen LogP contribution in [0.5, 0.6) is 0 Å². The lowest BCUT2D eigenvalue weighted by atomic mass is 10.2. The quantitative estimate of drug-likeness (QED) is 0.593. The van der Waals surface area contributed by atoms with E-state index in [-0.39, 0.29) is 6.15 Å². The van der Waals surface area contributed by atoms with E-state index in [1.54, 1.807) is 12.4 Å². The van der Waals surface area contributed by atoms with Gasteiger partial charge in [-0.15, -0.1) is 0 Å². The number of aromatic amines is 1. The average molecular weight is 313 g/mol. The Bertz CT molecular complexity index is 981. The Morgan fingerprint density at radius 1 is 0.909 bits per heavy atom. The number of nitrogens with one attached hydrogen (secondary N) is 1. The van der Waals surface area contributed by atoms with Gasteiger partial charge >= 0.3 is 0 Å². The summed E-state index contributed by atoms with van der Waals surface area (Å²) in [7, 11) is -3.62. The minimum atomic E-state index is -3.62. The van der Waals surface area contributed by atoms with Crippen LogP contribution in [0.2, 0.25) is 0 Å². The van der Waals surface area contributed by atoms with E-state index >= 15 is 0 Å². The molecule has 0 saturated carbocycles. The van der Waals surface area contributed by atoms with Gasteiger partial charge in [0.15, 0.2) is 0 Å². The molecule has 6 heteroatoms. The fourth-order valence-electron chi connectivity index (χ4n) is 2.63. The zero-order chi connectivity index (χ0) is 14.4. The Morgan fingerprint density at radius 3 is 2.50 bits per heavy atom. The van der Waals surface area contributed by atoms with Crippen LogP contribution >= 0.6 is 0 Å². The molecule has 0 fully saturated rings. The van der Waals surface area contributed by atoms with Gasteiger partial charge in [-0.2, -0.15) is 0 Å². The Labute approximate surface area is 127 Å². The molecule has 4 aromatic rings. The molecule has 0 aliphatic rings. The second-order valence-corrected chi connectivity index (χ2v) is 6.66. The maximum absolute atomic E-state index is 12.9. The van der Waals surface area contributed by atoms with E-state index < -0.39 is 10.0 Å². The van der Waals surface area contributed by atoms with Crippen LogP contribution in [-0.2, 0) is 10.0 Å². The third-order valence-electron chi connectivity index (χ3n) is 3.65. The minimum Gasteiger partial charge on any atom is -0.360 e. The highest BCUT2D eigenvalue weighted by atomic mass is 32.2. The van der Waals surface area contributed by atoms with Crippen molar-refractivity contribution < 1.29 is 8.42 Å². The molecule has 0 saturated heterocycles. The van der Waals surface area contributed by atoms with Crippen LogP contribution in [-0.4, -0.2) is 17.4 Å². The second-order valence-electron chi connectivity index (χ2n) is 4.87. The monoisotopic (exact) mass is 313 g/mol. The molecule has 0 radical (unpaired) electrons. The predicted octanol–water partition coefficient (Wildman–Crippen LogP) is 3.52. The molecular formula is C16H15N3O2S. The summed E-state index contributed by atoms with van der Waals surface area (Å²) >= 11 is 0. The number of H-pyrrole nitrogens is 1. The molecule has 2 heterocycles.